The van der Waals surface area contributed by atoms with Gasteiger partial charge in [-0.15, -0.1) is 0 Å². The number of methoxy groups -OCH3 is 1. The quantitative estimate of drug-likeness (QED) is 0.513. The third kappa shape index (κ3) is 4.08. The molecule has 10 nitrogen and oxygen atoms in total. The van der Waals surface area contributed by atoms with E-state index in [1.54, 1.807) is 38.8 Å². The maximum atomic E-state index is 13.0. The molecule has 0 spiro atoms. The van der Waals surface area contributed by atoms with Crippen molar-refractivity contribution in [2.45, 2.75) is 31.3 Å². The highest BCUT2D eigenvalue weighted by Gasteiger charge is 2.41. The number of benzene rings is 1. The van der Waals surface area contributed by atoms with E-state index < -0.39 is 10.0 Å². The normalized spacial score (nSPS) is 15.2. The summed E-state index contributed by atoms with van der Waals surface area (Å²) in [5.41, 5.74) is 1.78. The van der Waals surface area contributed by atoms with Crippen molar-refractivity contribution in [1.29, 1.82) is 0 Å². The summed E-state index contributed by atoms with van der Waals surface area (Å²) < 4.78 is 45.5. The predicted octanol–water partition coefficient (Wildman–Crippen LogP) is 1.73. The summed E-state index contributed by atoms with van der Waals surface area (Å²) in [5.74, 6) is 1.47. The summed E-state index contributed by atoms with van der Waals surface area (Å²) in [4.78, 5) is 4.66. The molecule has 11 heteroatoms. The molecule has 0 N–H and O–H groups in total. The van der Waals surface area contributed by atoms with Crippen LogP contribution in [-0.2, 0) is 28.2 Å². The molecule has 0 bridgehead atoms. The Bertz CT molecular complexity index is 1180. The topological polar surface area (TPSA) is 113 Å². The van der Waals surface area contributed by atoms with Crippen LogP contribution in [0.4, 0.5) is 0 Å². The molecule has 2 aromatic heterocycles. The molecule has 1 aliphatic heterocycles. The molecule has 4 rings (SSSR count). The lowest BCUT2D eigenvalue weighted by molar-refractivity contribution is 0.0765. The zero-order valence-corrected chi connectivity index (χ0v) is 18.7. The van der Waals surface area contributed by atoms with Crippen LogP contribution in [0.25, 0.3) is 11.5 Å². The predicted molar refractivity (Wildman–Crippen MR) is 111 cm³/mol. The fourth-order valence-electron chi connectivity index (χ4n) is 3.51. The number of aryl methyl sites for hydroxylation is 2. The summed E-state index contributed by atoms with van der Waals surface area (Å²) >= 11 is 0. The molecule has 31 heavy (non-hydrogen) atoms. The summed E-state index contributed by atoms with van der Waals surface area (Å²) in [7, 11) is -0.270. The van der Waals surface area contributed by atoms with Gasteiger partial charge in [-0.1, -0.05) is 17.3 Å². The van der Waals surface area contributed by atoms with Gasteiger partial charge in [0.1, 0.15) is 16.7 Å². The lowest BCUT2D eigenvalue weighted by Gasteiger charge is -2.38. The van der Waals surface area contributed by atoms with Gasteiger partial charge < -0.3 is 14.0 Å². The van der Waals surface area contributed by atoms with Crippen molar-refractivity contribution in [2.24, 2.45) is 7.05 Å². The number of nitrogens with zero attached hydrogens (tertiary/aromatic N) is 5. The Balaban J connectivity index is 1.46. The van der Waals surface area contributed by atoms with Crippen LogP contribution in [0.15, 0.2) is 33.7 Å². The first-order valence-corrected chi connectivity index (χ1v) is 11.3. The first kappa shape index (κ1) is 21.5. The average molecular weight is 448 g/mol. The molecule has 166 valence electrons. The van der Waals surface area contributed by atoms with E-state index in [0.717, 1.165) is 0 Å². The van der Waals surface area contributed by atoms with Gasteiger partial charge in [0.15, 0.2) is 5.82 Å². The molecular weight excluding hydrogens is 422 g/mol. The molecule has 3 heterocycles. The Morgan fingerprint density at radius 1 is 1.23 bits per heavy atom. The van der Waals surface area contributed by atoms with E-state index in [-0.39, 0.29) is 24.1 Å². The minimum absolute atomic E-state index is 0.257. The van der Waals surface area contributed by atoms with Gasteiger partial charge in [0.2, 0.25) is 10.0 Å². The Hall–Kier alpha value is -2.76. The largest absolute Gasteiger partial charge is 0.487 e. The summed E-state index contributed by atoms with van der Waals surface area (Å²) in [6.07, 6.45) is 0.273. The van der Waals surface area contributed by atoms with Gasteiger partial charge in [0, 0.05) is 20.6 Å². The third-order valence-corrected chi connectivity index (χ3v) is 7.35. The Labute approximate surface area is 180 Å². The van der Waals surface area contributed by atoms with Crippen LogP contribution in [0.5, 0.6) is 5.75 Å². The van der Waals surface area contributed by atoms with Crippen LogP contribution in [0.1, 0.15) is 17.2 Å². The fourth-order valence-corrected chi connectivity index (χ4v) is 5.41. The Kier molecular flexibility index (Phi) is 5.82. The van der Waals surface area contributed by atoms with E-state index in [1.165, 1.54) is 4.31 Å². The van der Waals surface area contributed by atoms with E-state index in [2.05, 4.69) is 15.2 Å². The fraction of sp³-hybridized carbons (Fsp3) is 0.450. The third-order valence-electron chi connectivity index (χ3n) is 5.26. The van der Waals surface area contributed by atoms with Crippen LogP contribution in [-0.4, -0.2) is 65.6 Å². The van der Waals surface area contributed by atoms with Gasteiger partial charge in [-0.3, -0.25) is 4.68 Å². The van der Waals surface area contributed by atoms with Gasteiger partial charge in [-0.05, 0) is 26.0 Å². The Morgan fingerprint density at radius 3 is 2.65 bits per heavy atom. The average Bonchev–Trinajstić information content (AvgIpc) is 3.27. The lowest BCUT2D eigenvalue weighted by atomic mass is 10.2. The first-order chi connectivity index (χ1) is 14.8. The van der Waals surface area contributed by atoms with E-state index >= 15 is 0 Å². The molecule has 3 aromatic rings. The maximum Gasteiger partial charge on any atom is 0.261 e. The van der Waals surface area contributed by atoms with Crippen LogP contribution in [0.3, 0.4) is 0 Å². The van der Waals surface area contributed by atoms with Crippen LogP contribution >= 0.6 is 0 Å². The van der Waals surface area contributed by atoms with Gasteiger partial charge in [0.05, 0.1) is 36.6 Å². The standard InChI is InChI=1S/C20H25N5O5S/c1-13-19(14(2)24(3)22-13)31(26,27)25-11-15(12-25)29-17-8-6-5-7-16(17)20-21-18(23-30-20)9-10-28-4/h5-8,15H,9-12H2,1-4H3. The molecule has 0 saturated carbocycles. The van der Waals surface area contributed by atoms with Crippen molar-refractivity contribution in [3.05, 3.63) is 41.5 Å². The SMILES string of the molecule is COCCc1noc(-c2ccccc2OC2CN(S(=O)(=O)c3c(C)nn(C)c3C)C2)n1. The molecule has 0 unspecified atom stereocenters. The molecule has 1 aromatic carbocycles. The van der Waals surface area contributed by atoms with Crippen molar-refractivity contribution < 1.29 is 22.4 Å². The summed E-state index contributed by atoms with van der Waals surface area (Å²) in [6.45, 7) is 4.47. The number of ether oxygens (including phenoxy) is 2. The maximum absolute atomic E-state index is 13.0. The second-order valence-corrected chi connectivity index (χ2v) is 9.31. The summed E-state index contributed by atoms with van der Waals surface area (Å²) in [6, 6.07) is 7.34. The van der Waals surface area contributed by atoms with Gasteiger partial charge in [-0.2, -0.15) is 14.4 Å². The molecule has 0 aliphatic carbocycles. The first-order valence-electron chi connectivity index (χ1n) is 9.89. The van der Waals surface area contributed by atoms with Gasteiger partial charge in [-0.25, -0.2) is 8.42 Å². The minimum atomic E-state index is -3.62. The van der Waals surface area contributed by atoms with Crippen molar-refractivity contribution in [3.63, 3.8) is 0 Å². The zero-order valence-electron chi connectivity index (χ0n) is 17.9. The van der Waals surface area contributed by atoms with Crippen molar-refractivity contribution in [1.82, 2.24) is 24.2 Å². The van der Waals surface area contributed by atoms with E-state index in [0.29, 0.717) is 47.4 Å². The zero-order chi connectivity index (χ0) is 22.2. The van der Waals surface area contributed by atoms with Crippen molar-refractivity contribution in [3.8, 4) is 17.2 Å². The van der Waals surface area contributed by atoms with E-state index in [1.807, 2.05) is 18.2 Å². The minimum Gasteiger partial charge on any atom is -0.487 e. The highest BCUT2D eigenvalue weighted by atomic mass is 32.2. The van der Waals surface area contributed by atoms with Crippen molar-refractivity contribution >= 4 is 10.0 Å². The van der Waals surface area contributed by atoms with Gasteiger partial charge >= 0.3 is 0 Å². The summed E-state index contributed by atoms with van der Waals surface area (Å²) in [5, 5.41) is 8.18. The van der Waals surface area contributed by atoms with E-state index in [4.69, 9.17) is 14.0 Å². The second kappa shape index (κ2) is 8.40. The molecule has 0 amide bonds. The number of aromatic nitrogens is 4. The number of hydrogen-bond acceptors (Lipinski definition) is 8. The molecule has 1 saturated heterocycles. The van der Waals surface area contributed by atoms with Crippen LogP contribution < -0.4 is 4.74 Å². The second-order valence-electron chi connectivity index (χ2n) is 7.44. The van der Waals surface area contributed by atoms with Crippen molar-refractivity contribution in [2.75, 3.05) is 26.8 Å². The molecular formula is C20H25N5O5S. The molecule has 0 radical (unpaired) electrons. The number of hydrogen-bond donors (Lipinski definition) is 0. The smallest absolute Gasteiger partial charge is 0.261 e. The number of sulfonamides is 1. The monoisotopic (exact) mass is 447 g/mol. The Morgan fingerprint density at radius 2 is 1.97 bits per heavy atom. The molecule has 1 fully saturated rings. The molecule has 1 aliphatic rings. The molecule has 0 atom stereocenters. The van der Waals surface area contributed by atoms with Crippen LogP contribution in [0.2, 0.25) is 0 Å². The number of rotatable bonds is 8. The highest BCUT2D eigenvalue weighted by Crippen LogP contribution is 2.32. The van der Waals surface area contributed by atoms with Gasteiger partial charge in [0.25, 0.3) is 5.89 Å². The van der Waals surface area contributed by atoms with Crippen LogP contribution in [0, 0.1) is 13.8 Å². The highest BCUT2D eigenvalue weighted by molar-refractivity contribution is 7.89. The van der Waals surface area contributed by atoms with E-state index in [9.17, 15) is 8.42 Å². The lowest BCUT2D eigenvalue weighted by Crippen LogP contribution is -2.56. The number of para-hydroxylation sites is 1.